The van der Waals surface area contributed by atoms with E-state index in [4.69, 9.17) is 0 Å². The Labute approximate surface area is 159 Å². The summed E-state index contributed by atoms with van der Waals surface area (Å²) in [5.74, 6) is 0. The topological polar surface area (TPSA) is 25.8 Å². The van der Waals surface area contributed by atoms with Crippen molar-refractivity contribution < 1.29 is 0 Å². The van der Waals surface area contributed by atoms with Crippen molar-refractivity contribution in [1.82, 2.24) is 10.2 Å². The van der Waals surface area contributed by atoms with Crippen molar-refractivity contribution >= 4 is 62.0 Å². The molecule has 3 aromatic rings. The fourth-order valence-corrected chi connectivity index (χ4v) is 3.75. The van der Waals surface area contributed by atoms with E-state index in [2.05, 4.69) is 85.1 Å². The summed E-state index contributed by atoms with van der Waals surface area (Å²) in [6.45, 7) is 0. The second-order valence-electron chi connectivity index (χ2n) is 4.32. The molecule has 2 aromatic carbocycles. The van der Waals surface area contributed by atoms with Gasteiger partial charge in [0, 0.05) is 17.8 Å². The van der Waals surface area contributed by atoms with E-state index < -0.39 is 0 Å². The highest BCUT2D eigenvalue weighted by atomic mass is 127. The van der Waals surface area contributed by atoms with Crippen LogP contribution in [0.1, 0.15) is 0 Å². The Balaban J connectivity index is 1.67. The predicted octanol–water partition coefficient (Wildman–Crippen LogP) is 6.15. The first-order valence-electron chi connectivity index (χ1n) is 6.40. The van der Waals surface area contributed by atoms with E-state index in [1.54, 1.807) is 23.5 Å². The first-order valence-corrected chi connectivity index (χ1v) is 9.90. The summed E-state index contributed by atoms with van der Waals surface area (Å²) < 4.78 is 2.31. The second-order valence-corrected chi connectivity index (χ2v) is 8.67. The molecule has 1 aromatic heterocycles. The van der Waals surface area contributed by atoms with Gasteiger partial charge in [-0.25, -0.2) is 0 Å². The van der Waals surface area contributed by atoms with Gasteiger partial charge in [-0.3, -0.25) is 0 Å². The largest absolute Gasteiger partial charge is 0.143 e. The van der Waals surface area contributed by atoms with Gasteiger partial charge in [-0.1, -0.05) is 39.5 Å². The van der Waals surface area contributed by atoms with Crippen LogP contribution in [0.4, 0.5) is 0 Å². The normalized spacial score (nSPS) is 10.6. The molecule has 6 heteroatoms. The van der Waals surface area contributed by atoms with Crippen LogP contribution in [0.15, 0.2) is 85.0 Å². The van der Waals surface area contributed by atoms with E-state index in [0.717, 1.165) is 19.4 Å². The molecule has 1 heterocycles. The molecule has 0 saturated heterocycles. The van der Waals surface area contributed by atoms with E-state index in [1.165, 1.54) is 8.47 Å². The average Bonchev–Trinajstić information content (AvgIpc) is 2.54. The van der Waals surface area contributed by atoms with Gasteiger partial charge in [-0.15, -0.1) is 10.2 Å². The minimum absolute atomic E-state index is 0.897. The van der Waals surface area contributed by atoms with Crippen LogP contribution in [0, 0.1) is 3.57 Å². The van der Waals surface area contributed by atoms with E-state index in [-0.39, 0.29) is 0 Å². The van der Waals surface area contributed by atoms with Crippen LogP contribution < -0.4 is 0 Å². The van der Waals surface area contributed by atoms with Crippen molar-refractivity contribution in [1.29, 1.82) is 0 Å². The highest BCUT2D eigenvalue weighted by molar-refractivity contribution is 14.1. The monoisotopic (exact) mass is 500 g/mol. The molecule has 0 spiro atoms. The Morgan fingerprint density at radius 3 is 1.59 bits per heavy atom. The number of benzene rings is 2. The lowest BCUT2D eigenvalue weighted by atomic mass is 10.4. The Morgan fingerprint density at radius 2 is 1.14 bits per heavy atom. The number of rotatable bonds is 4. The number of aromatic nitrogens is 2. The maximum Gasteiger partial charge on any atom is 0.124 e. The van der Waals surface area contributed by atoms with Crippen LogP contribution in [0.3, 0.4) is 0 Å². The smallest absolute Gasteiger partial charge is 0.124 e. The summed E-state index contributed by atoms with van der Waals surface area (Å²) in [7, 11) is 0. The Morgan fingerprint density at radius 1 is 0.682 bits per heavy atom. The molecule has 0 saturated carbocycles. The molecule has 0 bridgehead atoms. The molecule has 22 heavy (non-hydrogen) atoms. The highest BCUT2D eigenvalue weighted by Gasteiger charge is 2.03. The van der Waals surface area contributed by atoms with Gasteiger partial charge in [-0.2, -0.15) is 0 Å². The Kier molecular flexibility index (Phi) is 5.78. The third-order valence-electron chi connectivity index (χ3n) is 2.69. The van der Waals surface area contributed by atoms with Crippen LogP contribution in [0.2, 0.25) is 0 Å². The van der Waals surface area contributed by atoms with Gasteiger partial charge in [0.05, 0.1) is 0 Å². The number of nitrogens with zero attached hydrogens (tertiary/aromatic N) is 2. The molecular weight excluding hydrogens is 491 g/mol. The molecule has 110 valence electrons. The van der Waals surface area contributed by atoms with Crippen LogP contribution >= 0.6 is 62.0 Å². The van der Waals surface area contributed by atoms with Crippen molar-refractivity contribution in [3.05, 3.63) is 68.7 Å². The van der Waals surface area contributed by atoms with Crippen molar-refractivity contribution in [3.63, 3.8) is 0 Å². The fourth-order valence-electron chi connectivity index (χ4n) is 1.66. The summed E-state index contributed by atoms with van der Waals surface area (Å²) >= 11 is 8.97. The van der Waals surface area contributed by atoms with E-state index in [9.17, 15) is 0 Å². The lowest BCUT2D eigenvalue weighted by molar-refractivity contribution is 0.854. The summed E-state index contributed by atoms with van der Waals surface area (Å²) in [5.41, 5.74) is 0. The van der Waals surface area contributed by atoms with Gasteiger partial charge in [0.25, 0.3) is 0 Å². The molecule has 0 aliphatic rings. The van der Waals surface area contributed by atoms with Gasteiger partial charge in [-0.05, 0) is 83.3 Å². The van der Waals surface area contributed by atoms with Crippen molar-refractivity contribution in [3.8, 4) is 0 Å². The average molecular weight is 501 g/mol. The van der Waals surface area contributed by atoms with Gasteiger partial charge in [0.2, 0.25) is 0 Å². The van der Waals surface area contributed by atoms with Crippen LogP contribution in [0.25, 0.3) is 0 Å². The van der Waals surface area contributed by atoms with Gasteiger partial charge >= 0.3 is 0 Å². The maximum absolute atomic E-state index is 4.29. The zero-order valence-corrected chi connectivity index (χ0v) is 16.6. The summed E-state index contributed by atoms with van der Waals surface area (Å²) in [4.78, 5) is 2.32. The van der Waals surface area contributed by atoms with Gasteiger partial charge in [0.15, 0.2) is 0 Å². The predicted molar refractivity (Wildman–Crippen MR) is 104 cm³/mol. The van der Waals surface area contributed by atoms with Crippen LogP contribution in [0.5, 0.6) is 0 Å². The number of hydrogen-bond acceptors (Lipinski definition) is 4. The lowest BCUT2D eigenvalue weighted by Gasteiger charge is -2.03. The molecule has 0 unspecified atom stereocenters. The van der Waals surface area contributed by atoms with Crippen molar-refractivity contribution in [2.24, 2.45) is 0 Å². The Hall–Kier alpha value is -0.570. The SMILES string of the molecule is Brc1ccc(Sc2ccc(Sc3ccc(I)cc3)nn2)cc1. The summed E-state index contributed by atoms with van der Waals surface area (Å²) in [6, 6.07) is 20.6. The van der Waals surface area contributed by atoms with E-state index in [1.807, 2.05) is 24.3 Å². The molecule has 2 nitrogen and oxygen atoms in total. The Bertz CT molecular complexity index is 680. The third-order valence-corrected chi connectivity index (χ3v) is 5.81. The van der Waals surface area contributed by atoms with Gasteiger partial charge < -0.3 is 0 Å². The number of hydrogen-bond donors (Lipinski definition) is 0. The van der Waals surface area contributed by atoms with Gasteiger partial charge in [0.1, 0.15) is 10.1 Å². The molecule has 0 aliphatic carbocycles. The molecular formula is C16H10BrIN2S2. The standard InChI is InChI=1S/C16H10BrIN2S2/c17-11-1-5-13(6-2-11)21-15-9-10-16(20-19-15)22-14-7-3-12(18)4-8-14/h1-10H. The summed E-state index contributed by atoms with van der Waals surface area (Å²) in [6.07, 6.45) is 0. The minimum Gasteiger partial charge on any atom is -0.143 e. The quantitative estimate of drug-likeness (QED) is 0.401. The van der Waals surface area contributed by atoms with Crippen LogP contribution in [-0.2, 0) is 0 Å². The lowest BCUT2D eigenvalue weighted by Crippen LogP contribution is -1.87. The first kappa shape index (κ1) is 16.3. The minimum atomic E-state index is 0.897. The van der Waals surface area contributed by atoms with Crippen LogP contribution in [-0.4, -0.2) is 10.2 Å². The number of halogens is 2. The molecule has 0 fully saturated rings. The first-order chi connectivity index (χ1) is 10.7. The molecule has 0 atom stereocenters. The zero-order valence-electron chi connectivity index (χ0n) is 11.2. The molecule has 0 amide bonds. The fraction of sp³-hybridized carbons (Fsp3) is 0. The second kappa shape index (κ2) is 7.81. The van der Waals surface area contributed by atoms with E-state index >= 15 is 0 Å². The van der Waals surface area contributed by atoms with E-state index in [0.29, 0.717) is 0 Å². The van der Waals surface area contributed by atoms with Crippen molar-refractivity contribution in [2.75, 3.05) is 0 Å². The molecule has 3 rings (SSSR count). The summed E-state index contributed by atoms with van der Waals surface area (Å²) in [5, 5.41) is 10.4. The maximum atomic E-state index is 4.29. The zero-order chi connectivity index (χ0) is 15.4. The van der Waals surface area contributed by atoms with Crippen molar-refractivity contribution in [2.45, 2.75) is 19.8 Å². The highest BCUT2D eigenvalue weighted by Crippen LogP contribution is 2.30. The molecule has 0 radical (unpaired) electrons. The molecule has 0 N–H and O–H groups in total. The third kappa shape index (κ3) is 4.71. The molecule has 0 aliphatic heterocycles.